The van der Waals surface area contributed by atoms with Gasteiger partial charge in [0.2, 0.25) is 5.88 Å². The molecule has 1 N–H and O–H groups in total. The molecule has 1 heterocycles. The van der Waals surface area contributed by atoms with Crippen LogP contribution in [-0.4, -0.2) is 17.2 Å². The number of nitrogens with zero attached hydrogens (tertiary/aromatic N) is 1. The molecule has 1 unspecified atom stereocenters. The number of pyridine rings is 1. The minimum Gasteiger partial charge on any atom is -0.481 e. The molecule has 0 aromatic carbocycles. The van der Waals surface area contributed by atoms with E-state index in [1.54, 1.807) is 13.3 Å². The fraction of sp³-hybridized carbons (Fsp3) is 0.583. The highest BCUT2D eigenvalue weighted by Crippen LogP contribution is 2.26. The molecule has 0 spiro atoms. The number of methoxy groups -OCH3 is 1. The highest BCUT2D eigenvalue weighted by Gasteiger charge is 2.12. The SMILES string of the molecule is CCCCCC(O)c1cccnc1OC. The number of aliphatic hydroxyl groups excluding tert-OH is 1. The lowest BCUT2D eigenvalue weighted by molar-refractivity contribution is 0.158. The van der Waals surface area contributed by atoms with Crippen molar-refractivity contribution < 1.29 is 9.84 Å². The van der Waals surface area contributed by atoms with E-state index in [1.165, 1.54) is 0 Å². The Balaban J connectivity index is 2.59. The molecular weight excluding hydrogens is 190 g/mol. The van der Waals surface area contributed by atoms with Crippen LogP contribution in [0.15, 0.2) is 18.3 Å². The molecule has 0 aliphatic carbocycles. The molecule has 0 saturated carbocycles. The van der Waals surface area contributed by atoms with Crippen molar-refractivity contribution in [3.63, 3.8) is 0 Å². The first-order valence-corrected chi connectivity index (χ1v) is 5.46. The lowest BCUT2D eigenvalue weighted by atomic mass is 10.0. The largest absolute Gasteiger partial charge is 0.481 e. The van der Waals surface area contributed by atoms with Crippen LogP contribution in [0.5, 0.6) is 5.88 Å². The summed E-state index contributed by atoms with van der Waals surface area (Å²) < 4.78 is 5.10. The van der Waals surface area contributed by atoms with E-state index in [4.69, 9.17) is 4.74 Å². The Kier molecular flexibility index (Phi) is 5.12. The maximum Gasteiger partial charge on any atom is 0.218 e. The number of hydrogen-bond donors (Lipinski definition) is 1. The van der Waals surface area contributed by atoms with Gasteiger partial charge in [0, 0.05) is 11.8 Å². The van der Waals surface area contributed by atoms with Crippen LogP contribution in [0.25, 0.3) is 0 Å². The van der Waals surface area contributed by atoms with E-state index in [2.05, 4.69) is 11.9 Å². The summed E-state index contributed by atoms with van der Waals surface area (Å²) in [4.78, 5) is 4.06. The van der Waals surface area contributed by atoms with Crippen molar-refractivity contribution in [2.24, 2.45) is 0 Å². The van der Waals surface area contributed by atoms with Crippen molar-refractivity contribution in [1.29, 1.82) is 0 Å². The number of aliphatic hydroxyl groups is 1. The molecule has 3 heteroatoms. The molecule has 0 aliphatic rings. The topological polar surface area (TPSA) is 42.4 Å². The molecule has 84 valence electrons. The molecule has 0 radical (unpaired) electrons. The van der Waals surface area contributed by atoms with E-state index in [-0.39, 0.29) is 0 Å². The minimum atomic E-state index is -0.458. The summed E-state index contributed by atoms with van der Waals surface area (Å²) in [6, 6.07) is 3.68. The van der Waals surface area contributed by atoms with Crippen molar-refractivity contribution in [1.82, 2.24) is 4.98 Å². The van der Waals surface area contributed by atoms with E-state index < -0.39 is 6.10 Å². The maximum atomic E-state index is 9.94. The Labute approximate surface area is 91.1 Å². The summed E-state index contributed by atoms with van der Waals surface area (Å²) in [5.41, 5.74) is 0.788. The highest BCUT2D eigenvalue weighted by atomic mass is 16.5. The first-order chi connectivity index (χ1) is 7.29. The van der Waals surface area contributed by atoms with Gasteiger partial charge in [0.05, 0.1) is 13.2 Å². The van der Waals surface area contributed by atoms with Crippen LogP contribution < -0.4 is 4.74 Å². The summed E-state index contributed by atoms with van der Waals surface area (Å²) in [5.74, 6) is 0.529. The number of aromatic nitrogens is 1. The fourth-order valence-electron chi connectivity index (χ4n) is 1.57. The van der Waals surface area contributed by atoms with Crippen LogP contribution >= 0.6 is 0 Å². The van der Waals surface area contributed by atoms with Crippen molar-refractivity contribution >= 4 is 0 Å². The number of unbranched alkanes of at least 4 members (excludes halogenated alkanes) is 2. The maximum absolute atomic E-state index is 9.94. The van der Waals surface area contributed by atoms with Gasteiger partial charge in [-0.1, -0.05) is 26.2 Å². The predicted octanol–water partition coefficient (Wildman–Crippen LogP) is 2.70. The van der Waals surface area contributed by atoms with Crippen LogP contribution in [0.3, 0.4) is 0 Å². The second-order valence-corrected chi connectivity index (χ2v) is 3.61. The van der Waals surface area contributed by atoms with E-state index in [0.29, 0.717) is 5.88 Å². The second kappa shape index (κ2) is 6.40. The third kappa shape index (κ3) is 3.51. The van der Waals surface area contributed by atoms with Gasteiger partial charge in [-0.3, -0.25) is 0 Å². The summed E-state index contributed by atoms with van der Waals surface area (Å²) in [7, 11) is 1.57. The molecule has 0 saturated heterocycles. The molecular formula is C12H19NO2. The number of rotatable bonds is 6. The molecule has 1 atom stereocenters. The molecule has 0 amide bonds. The monoisotopic (exact) mass is 209 g/mol. The Hall–Kier alpha value is -1.09. The smallest absolute Gasteiger partial charge is 0.218 e. The zero-order chi connectivity index (χ0) is 11.1. The zero-order valence-corrected chi connectivity index (χ0v) is 9.44. The normalized spacial score (nSPS) is 12.5. The van der Waals surface area contributed by atoms with Gasteiger partial charge in [0.1, 0.15) is 0 Å². The summed E-state index contributed by atoms with van der Waals surface area (Å²) in [6.45, 7) is 2.15. The Morgan fingerprint density at radius 2 is 2.27 bits per heavy atom. The standard InChI is InChI=1S/C12H19NO2/c1-3-4-5-8-11(14)10-7-6-9-13-12(10)15-2/h6-7,9,11,14H,3-5,8H2,1-2H3. The van der Waals surface area contributed by atoms with Gasteiger partial charge in [-0.2, -0.15) is 0 Å². The lowest BCUT2D eigenvalue weighted by Gasteiger charge is -2.13. The molecule has 15 heavy (non-hydrogen) atoms. The quantitative estimate of drug-likeness (QED) is 0.732. The molecule has 0 aliphatic heterocycles. The zero-order valence-electron chi connectivity index (χ0n) is 9.44. The van der Waals surface area contributed by atoms with Gasteiger partial charge in [-0.15, -0.1) is 0 Å². The summed E-state index contributed by atoms with van der Waals surface area (Å²) in [5, 5.41) is 9.94. The minimum absolute atomic E-state index is 0.458. The summed E-state index contributed by atoms with van der Waals surface area (Å²) >= 11 is 0. The van der Waals surface area contributed by atoms with Crippen molar-refractivity contribution in [2.45, 2.75) is 38.7 Å². The molecule has 1 aromatic heterocycles. The fourth-order valence-corrected chi connectivity index (χ4v) is 1.57. The lowest BCUT2D eigenvalue weighted by Crippen LogP contribution is -2.02. The Morgan fingerprint density at radius 1 is 1.47 bits per heavy atom. The van der Waals surface area contributed by atoms with Gasteiger partial charge in [0.15, 0.2) is 0 Å². The average Bonchev–Trinajstić information content (AvgIpc) is 2.29. The van der Waals surface area contributed by atoms with Gasteiger partial charge in [-0.05, 0) is 18.6 Å². The van der Waals surface area contributed by atoms with Crippen molar-refractivity contribution in [3.05, 3.63) is 23.9 Å². The van der Waals surface area contributed by atoms with E-state index in [9.17, 15) is 5.11 Å². The van der Waals surface area contributed by atoms with Crippen LogP contribution in [-0.2, 0) is 0 Å². The van der Waals surface area contributed by atoms with Gasteiger partial charge >= 0.3 is 0 Å². The predicted molar refractivity (Wildman–Crippen MR) is 59.9 cm³/mol. The first-order valence-electron chi connectivity index (χ1n) is 5.46. The second-order valence-electron chi connectivity index (χ2n) is 3.61. The molecule has 0 fully saturated rings. The number of hydrogen-bond acceptors (Lipinski definition) is 3. The van der Waals surface area contributed by atoms with Gasteiger partial charge < -0.3 is 9.84 Å². The molecule has 0 bridgehead atoms. The van der Waals surface area contributed by atoms with E-state index >= 15 is 0 Å². The van der Waals surface area contributed by atoms with Crippen molar-refractivity contribution in [2.75, 3.05) is 7.11 Å². The average molecular weight is 209 g/mol. The first kappa shape index (κ1) is 12.0. The summed E-state index contributed by atoms with van der Waals surface area (Å²) in [6.07, 6.45) is 5.34. The van der Waals surface area contributed by atoms with Crippen LogP contribution in [0.2, 0.25) is 0 Å². The van der Waals surface area contributed by atoms with Gasteiger partial charge in [0.25, 0.3) is 0 Å². The van der Waals surface area contributed by atoms with Crippen LogP contribution in [0.4, 0.5) is 0 Å². The molecule has 1 aromatic rings. The van der Waals surface area contributed by atoms with Crippen LogP contribution in [0.1, 0.15) is 44.3 Å². The third-order valence-corrected chi connectivity index (χ3v) is 2.43. The molecule has 1 rings (SSSR count). The number of ether oxygens (including phenoxy) is 1. The van der Waals surface area contributed by atoms with Crippen molar-refractivity contribution in [3.8, 4) is 5.88 Å². The van der Waals surface area contributed by atoms with E-state index in [0.717, 1.165) is 31.2 Å². The van der Waals surface area contributed by atoms with Crippen LogP contribution in [0, 0.1) is 0 Å². The van der Waals surface area contributed by atoms with Gasteiger partial charge in [-0.25, -0.2) is 4.98 Å². The third-order valence-electron chi connectivity index (χ3n) is 2.43. The Bertz CT molecular complexity index is 289. The Morgan fingerprint density at radius 3 is 2.93 bits per heavy atom. The molecule has 3 nitrogen and oxygen atoms in total. The highest BCUT2D eigenvalue weighted by molar-refractivity contribution is 5.27. The van der Waals surface area contributed by atoms with E-state index in [1.807, 2.05) is 12.1 Å².